The van der Waals surface area contributed by atoms with Gasteiger partial charge in [0.2, 0.25) is 5.91 Å². The minimum absolute atomic E-state index is 0.0776. The summed E-state index contributed by atoms with van der Waals surface area (Å²) in [4.78, 5) is 11.3. The molecule has 0 radical (unpaired) electrons. The third kappa shape index (κ3) is 15.0. The molecule has 0 heterocycles. The molecule has 0 saturated carbocycles. The molecule has 0 aliphatic heterocycles. The number of aliphatic hydroxyl groups is 1. The van der Waals surface area contributed by atoms with E-state index in [0.29, 0.717) is 0 Å². The summed E-state index contributed by atoms with van der Waals surface area (Å²) in [5, 5.41) is 9.92. The largest absolute Gasteiger partial charge is 0.393 e. The van der Waals surface area contributed by atoms with Gasteiger partial charge >= 0.3 is 0 Å². The summed E-state index contributed by atoms with van der Waals surface area (Å²) in [6, 6.07) is 0. The predicted octanol–water partition coefficient (Wildman–Crippen LogP) is 5.73. The molecular formula is C21H43NO2. The molecule has 2 unspecified atom stereocenters. The molecule has 3 N–H and O–H groups in total. The zero-order valence-corrected chi connectivity index (χ0v) is 16.4. The Kier molecular flexibility index (Phi) is 16.8. The Labute approximate surface area is 150 Å². The fourth-order valence-corrected chi connectivity index (χ4v) is 3.38. The summed E-state index contributed by atoms with van der Waals surface area (Å²) in [7, 11) is 0. The van der Waals surface area contributed by atoms with Crippen LogP contribution in [0.2, 0.25) is 0 Å². The highest BCUT2D eigenvalue weighted by atomic mass is 16.3. The monoisotopic (exact) mass is 341 g/mol. The van der Waals surface area contributed by atoms with Crippen LogP contribution in [-0.4, -0.2) is 17.1 Å². The predicted molar refractivity (Wildman–Crippen MR) is 104 cm³/mol. The number of aliphatic hydroxyl groups excluding tert-OH is 1. The van der Waals surface area contributed by atoms with Crippen LogP contribution in [0.4, 0.5) is 0 Å². The molecule has 0 fully saturated rings. The number of primary amides is 1. The molecule has 0 aromatic rings. The first-order chi connectivity index (χ1) is 11.6. The molecule has 0 aliphatic carbocycles. The van der Waals surface area contributed by atoms with Crippen LogP contribution in [0, 0.1) is 5.92 Å². The summed E-state index contributed by atoms with van der Waals surface area (Å²) < 4.78 is 0. The van der Waals surface area contributed by atoms with Gasteiger partial charge < -0.3 is 10.8 Å². The van der Waals surface area contributed by atoms with Crippen molar-refractivity contribution in [2.45, 2.75) is 123 Å². The van der Waals surface area contributed by atoms with E-state index in [1.807, 2.05) is 0 Å². The van der Waals surface area contributed by atoms with Crippen LogP contribution >= 0.6 is 0 Å². The Morgan fingerprint density at radius 3 is 1.62 bits per heavy atom. The Hall–Kier alpha value is -0.570. The number of nitrogens with two attached hydrogens (primary N) is 1. The fraction of sp³-hybridized carbons (Fsp3) is 0.952. The van der Waals surface area contributed by atoms with Crippen LogP contribution in [0.5, 0.6) is 0 Å². The first-order valence-corrected chi connectivity index (χ1v) is 10.6. The van der Waals surface area contributed by atoms with Gasteiger partial charge in [-0.05, 0) is 25.7 Å². The molecule has 144 valence electrons. The van der Waals surface area contributed by atoms with Crippen LogP contribution in [-0.2, 0) is 4.79 Å². The van der Waals surface area contributed by atoms with Gasteiger partial charge in [0.05, 0.1) is 6.10 Å². The fourth-order valence-electron chi connectivity index (χ4n) is 3.38. The van der Waals surface area contributed by atoms with E-state index in [1.54, 1.807) is 0 Å². The van der Waals surface area contributed by atoms with Crippen LogP contribution in [0.1, 0.15) is 117 Å². The van der Waals surface area contributed by atoms with Crippen molar-refractivity contribution in [2.24, 2.45) is 11.7 Å². The number of amides is 1. The van der Waals surface area contributed by atoms with Crippen molar-refractivity contribution in [1.29, 1.82) is 0 Å². The molecule has 0 spiro atoms. The van der Waals surface area contributed by atoms with Crippen LogP contribution in [0.15, 0.2) is 0 Å². The van der Waals surface area contributed by atoms with E-state index >= 15 is 0 Å². The SMILES string of the molecule is CCCCCCC(O)CCCCCCCCCC(CCC)C(N)=O. The van der Waals surface area contributed by atoms with Gasteiger partial charge in [-0.1, -0.05) is 90.9 Å². The molecule has 0 aromatic carbocycles. The van der Waals surface area contributed by atoms with E-state index in [1.165, 1.54) is 57.8 Å². The number of hydrogen-bond donors (Lipinski definition) is 2. The Morgan fingerprint density at radius 2 is 1.17 bits per heavy atom. The normalized spacial score (nSPS) is 13.8. The molecule has 0 rings (SSSR count). The van der Waals surface area contributed by atoms with Crippen molar-refractivity contribution in [1.82, 2.24) is 0 Å². The van der Waals surface area contributed by atoms with E-state index < -0.39 is 0 Å². The number of carbonyl (C=O) groups excluding carboxylic acids is 1. The van der Waals surface area contributed by atoms with Gasteiger partial charge in [0, 0.05) is 5.92 Å². The van der Waals surface area contributed by atoms with Gasteiger partial charge in [0.25, 0.3) is 0 Å². The van der Waals surface area contributed by atoms with Gasteiger partial charge in [0.1, 0.15) is 0 Å². The van der Waals surface area contributed by atoms with Gasteiger partial charge in [-0.25, -0.2) is 0 Å². The third-order valence-electron chi connectivity index (χ3n) is 5.02. The van der Waals surface area contributed by atoms with Gasteiger partial charge in [0.15, 0.2) is 0 Å². The number of unbranched alkanes of at least 4 members (excludes halogenated alkanes) is 9. The van der Waals surface area contributed by atoms with Crippen molar-refractivity contribution in [3.05, 3.63) is 0 Å². The lowest BCUT2D eigenvalue weighted by atomic mass is 9.95. The highest BCUT2D eigenvalue weighted by Gasteiger charge is 2.13. The summed E-state index contributed by atoms with van der Waals surface area (Å²) in [6.07, 6.45) is 18.4. The highest BCUT2D eigenvalue weighted by molar-refractivity contribution is 5.76. The molecule has 1 amide bonds. The highest BCUT2D eigenvalue weighted by Crippen LogP contribution is 2.17. The van der Waals surface area contributed by atoms with Gasteiger partial charge in [-0.2, -0.15) is 0 Å². The first-order valence-electron chi connectivity index (χ1n) is 10.6. The number of carbonyl (C=O) groups is 1. The lowest BCUT2D eigenvalue weighted by Crippen LogP contribution is -2.23. The molecule has 2 atom stereocenters. The van der Waals surface area contributed by atoms with E-state index in [9.17, 15) is 9.90 Å². The summed E-state index contributed by atoms with van der Waals surface area (Å²) in [6.45, 7) is 4.33. The minimum atomic E-state index is -0.120. The van der Waals surface area contributed by atoms with E-state index in [-0.39, 0.29) is 17.9 Å². The molecule has 0 aromatic heterocycles. The van der Waals surface area contributed by atoms with Crippen molar-refractivity contribution in [2.75, 3.05) is 0 Å². The zero-order chi connectivity index (χ0) is 18.0. The Balaban J connectivity index is 3.34. The molecule has 3 heteroatoms. The molecular weight excluding hydrogens is 298 g/mol. The number of hydrogen-bond acceptors (Lipinski definition) is 2. The van der Waals surface area contributed by atoms with Crippen LogP contribution < -0.4 is 5.73 Å². The minimum Gasteiger partial charge on any atom is -0.393 e. The Morgan fingerprint density at radius 1 is 0.708 bits per heavy atom. The topological polar surface area (TPSA) is 63.3 Å². The van der Waals surface area contributed by atoms with E-state index in [4.69, 9.17) is 5.73 Å². The van der Waals surface area contributed by atoms with Crippen molar-refractivity contribution >= 4 is 5.91 Å². The van der Waals surface area contributed by atoms with Gasteiger partial charge in [-0.3, -0.25) is 4.79 Å². The maximum atomic E-state index is 11.3. The lowest BCUT2D eigenvalue weighted by Gasteiger charge is -2.11. The summed E-state index contributed by atoms with van der Waals surface area (Å²) in [5.74, 6) is -0.0288. The molecule has 24 heavy (non-hydrogen) atoms. The second kappa shape index (κ2) is 17.3. The molecule has 0 bridgehead atoms. The maximum Gasteiger partial charge on any atom is 0.220 e. The van der Waals surface area contributed by atoms with Crippen molar-refractivity contribution < 1.29 is 9.90 Å². The van der Waals surface area contributed by atoms with Crippen molar-refractivity contribution in [3.8, 4) is 0 Å². The maximum absolute atomic E-state index is 11.3. The van der Waals surface area contributed by atoms with E-state index in [2.05, 4.69) is 13.8 Å². The van der Waals surface area contributed by atoms with Crippen LogP contribution in [0.25, 0.3) is 0 Å². The third-order valence-corrected chi connectivity index (χ3v) is 5.02. The zero-order valence-electron chi connectivity index (χ0n) is 16.4. The second-order valence-electron chi connectivity index (χ2n) is 7.44. The standard InChI is InChI=1S/C21H43NO2/c1-3-5-6-13-17-20(23)18-14-11-9-7-8-10-12-16-19(15-4-2)21(22)24/h19-20,23H,3-18H2,1-2H3,(H2,22,24). The molecule has 0 aliphatic rings. The van der Waals surface area contributed by atoms with Gasteiger partial charge in [-0.15, -0.1) is 0 Å². The smallest absolute Gasteiger partial charge is 0.220 e. The second-order valence-corrected chi connectivity index (χ2v) is 7.44. The lowest BCUT2D eigenvalue weighted by molar-refractivity contribution is -0.122. The van der Waals surface area contributed by atoms with Crippen molar-refractivity contribution in [3.63, 3.8) is 0 Å². The average Bonchev–Trinajstić information content (AvgIpc) is 2.56. The molecule has 0 saturated heterocycles. The van der Waals surface area contributed by atoms with E-state index in [0.717, 1.165) is 44.9 Å². The summed E-state index contributed by atoms with van der Waals surface area (Å²) >= 11 is 0. The average molecular weight is 342 g/mol. The van der Waals surface area contributed by atoms with Crippen LogP contribution in [0.3, 0.4) is 0 Å². The molecule has 3 nitrogen and oxygen atoms in total. The first kappa shape index (κ1) is 23.4. The Bertz CT molecular complexity index is 281. The number of rotatable bonds is 18. The quantitative estimate of drug-likeness (QED) is 0.313. The summed E-state index contributed by atoms with van der Waals surface area (Å²) in [5.41, 5.74) is 5.43.